The molecular weight excluding hydrogens is 385 g/mol. The minimum atomic E-state index is -4.50. The summed E-state index contributed by atoms with van der Waals surface area (Å²) < 4.78 is 39.0. The van der Waals surface area contributed by atoms with Gasteiger partial charge in [-0.1, -0.05) is 17.7 Å². The van der Waals surface area contributed by atoms with Crippen LogP contribution in [-0.2, 0) is 9.59 Å². The van der Waals surface area contributed by atoms with Gasteiger partial charge in [0, 0.05) is 24.1 Å². The average Bonchev–Trinajstić information content (AvgIpc) is 3.09. The van der Waals surface area contributed by atoms with Crippen molar-refractivity contribution < 1.29 is 22.8 Å². The number of aromatic nitrogens is 2. The zero-order chi connectivity index (χ0) is 19.8. The number of carbonyl (C=O) groups is 2. The summed E-state index contributed by atoms with van der Waals surface area (Å²) in [4.78, 5) is 24.9. The largest absolute Gasteiger partial charge is 0.406 e. The Kier molecular flexibility index (Phi) is 5.14. The van der Waals surface area contributed by atoms with Gasteiger partial charge in [0.15, 0.2) is 0 Å². The molecule has 1 N–H and O–H groups in total. The van der Waals surface area contributed by atoms with Crippen molar-refractivity contribution in [3.63, 3.8) is 0 Å². The first-order valence-corrected chi connectivity index (χ1v) is 8.48. The molecule has 10 heteroatoms. The van der Waals surface area contributed by atoms with Crippen LogP contribution < -0.4 is 5.32 Å². The van der Waals surface area contributed by atoms with Crippen molar-refractivity contribution in [3.05, 3.63) is 41.0 Å². The Morgan fingerprint density at radius 2 is 2.11 bits per heavy atom. The standard InChI is InChI=1S/C17H16ClF3N4O2/c1-10-5-14(25(23-10)13-4-2-3-12(18)7-13)22-16(27)11-6-15(26)24(8-11)9-17(19,20)21/h2-5,7,11H,6,8-9H2,1H3,(H,22,27). The van der Waals surface area contributed by atoms with Crippen LogP contribution in [0, 0.1) is 12.8 Å². The normalized spacial score (nSPS) is 17.4. The molecule has 144 valence electrons. The van der Waals surface area contributed by atoms with E-state index >= 15 is 0 Å². The first-order valence-electron chi connectivity index (χ1n) is 8.10. The van der Waals surface area contributed by atoms with E-state index < -0.39 is 30.5 Å². The number of alkyl halides is 3. The number of nitrogens with one attached hydrogen (secondary N) is 1. The van der Waals surface area contributed by atoms with Gasteiger partial charge in [-0.3, -0.25) is 9.59 Å². The third kappa shape index (κ3) is 4.60. The van der Waals surface area contributed by atoms with Crippen LogP contribution in [-0.4, -0.2) is 45.8 Å². The second-order valence-electron chi connectivity index (χ2n) is 6.34. The highest BCUT2D eigenvalue weighted by Crippen LogP contribution is 2.26. The molecule has 2 aromatic rings. The predicted octanol–water partition coefficient (Wildman–Crippen LogP) is 3.18. The lowest BCUT2D eigenvalue weighted by Crippen LogP contribution is -2.36. The zero-order valence-corrected chi connectivity index (χ0v) is 15.0. The van der Waals surface area contributed by atoms with Crippen LogP contribution >= 0.6 is 11.6 Å². The first-order chi connectivity index (χ1) is 12.6. The minimum Gasteiger partial charge on any atom is -0.333 e. The summed E-state index contributed by atoms with van der Waals surface area (Å²) in [6.07, 6.45) is -4.75. The molecule has 0 radical (unpaired) electrons. The average molecular weight is 401 g/mol. The minimum absolute atomic E-state index is 0.258. The van der Waals surface area contributed by atoms with Crippen molar-refractivity contribution in [2.75, 3.05) is 18.4 Å². The molecule has 0 aliphatic carbocycles. The molecule has 3 rings (SSSR count). The van der Waals surface area contributed by atoms with Gasteiger partial charge < -0.3 is 10.2 Å². The molecule has 1 unspecified atom stereocenters. The molecule has 1 fully saturated rings. The number of halogens is 4. The summed E-state index contributed by atoms with van der Waals surface area (Å²) in [6.45, 7) is 0.116. The summed E-state index contributed by atoms with van der Waals surface area (Å²) in [5, 5.41) is 7.44. The zero-order valence-electron chi connectivity index (χ0n) is 14.3. The summed E-state index contributed by atoms with van der Waals surface area (Å²) >= 11 is 5.98. The van der Waals surface area contributed by atoms with Crippen LogP contribution in [0.1, 0.15) is 12.1 Å². The van der Waals surface area contributed by atoms with Crippen molar-refractivity contribution in [3.8, 4) is 5.69 Å². The highest BCUT2D eigenvalue weighted by atomic mass is 35.5. The Morgan fingerprint density at radius 3 is 2.78 bits per heavy atom. The number of likely N-dealkylation sites (tertiary alicyclic amines) is 1. The fourth-order valence-corrected chi connectivity index (χ4v) is 3.12. The number of benzene rings is 1. The molecular formula is C17H16ClF3N4O2. The molecule has 1 aromatic carbocycles. The van der Waals surface area contributed by atoms with Crippen LogP contribution in [0.3, 0.4) is 0 Å². The lowest BCUT2D eigenvalue weighted by atomic mass is 10.1. The number of anilines is 1. The van der Waals surface area contributed by atoms with E-state index in [0.717, 1.165) is 0 Å². The van der Waals surface area contributed by atoms with Crippen molar-refractivity contribution in [1.82, 2.24) is 14.7 Å². The molecule has 2 amide bonds. The lowest BCUT2D eigenvalue weighted by molar-refractivity contribution is -0.157. The summed E-state index contributed by atoms with van der Waals surface area (Å²) in [7, 11) is 0. The highest BCUT2D eigenvalue weighted by molar-refractivity contribution is 6.30. The van der Waals surface area contributed by atoms with Gasteiger partial charge in [-0.05, 0) is 25.1 Å². The molecule has 1 aromatic heterocycles. The second-order valence-corrected chi connectivity index (χ2v) is 6.78. The van der Waals surface area contributed by atoms with Crippen LogP contribution in [0.4, 0.5) is 19.0 Å². The van der Waals surface area contributed by atoms with Gasteiger partial charge in [-0.15, -0.1) is 0 Å². The van der Waals surface area contributed by atoms with E-state index in [1.807, 2.05) is 0 Å². The number of amides is 2. The highest BCUT2D eigenvalue weighted by Gasteiger charge is 2.40. The third-order valence-corrected chi connectivity index (χ3v) is 4.33. The molecule has 1 aliphatic rings. The second kappa shape index (κ2) is 7.22. The van der Waals surface area contributed by atoms with Crippen molar-refractivity contribution in [1.29, 1.82) is 0 Å². The number of nitrogens with zero attached hydrogens (tertiary/aromatic N) is 3. The molecule has 1 aliphatic heterocycles. The van der Waals surface area contributed by atoms with Gasteiger partial charge in [0.05, 0.1) is 17.3 Å². The molecule has 27 heavy (non-hydrogen) atoms. The molecule has 6 nitrogen and oxygen atoms in total. The monoisotopic (exact) mass is 400 g/mol. The Bertz CT molecular complexity index is 881. The number of aryl methyl sites for hydroxylation is 1. The summed E-state index contributed by atoms with van der Waals surface area (Å²) in [5.74, 6) is -1.73. The van der Waals surface area contributed by atoms with E-state index in [2.05, 4.69) is 10.4 Å². The predicted molar refractivity (Wildman–Crippen MR) is 92.7 cm³/mol. The first kappa shape index (κ1) is 19.2. The number of hydrogen-bond acceptors (Lipinski definition) is 3. The fourth-order valence-electron chi connectivity index (χ4n) is 2.94. The van der Waals surface area contributed by atoms with E-state index in [1.54, 1.807) is 37.3 Å². The van der Waals surface area contributed by atoms with Crippen molar-refractivity contribution in [2.45, 2.75) is 19.5 Å². The molecule has 1 saturated heterocycles. The Hall–Kier alpha value is -2.55. The van der Waals surface area contributed by atoms with Gasteiger partial charge in [0.2, 0.25) is 11.8 Å². The molecule has 0 spiro atoms. The summed E-state index contributed by atoms with van der Waals surface area (Å²) in [5.41, 5.74) is 1.25. The SMILES string of the molecule is Cc1cc(NC(=O)C2CC(=O)N(CC(F)(F)F)C2)n(-c2cccc(Cl)c2)n1. The maximum Gasteiger partial charge on any atom is 0.406 e. The van der Waals surface area contributed by atoms with E-state index in [4.69, 9.17) is 11.6 Å². The maximum absolute atomic E-state index is 12.5. The van der Waals surface area contributed by atoms with E-state index in [0.29, 0.717) is 27.1 Å². The lowest BCUT2D eigenvalue weighted by Gasteiger charge is -2.18. The number of hydrogen-bond donors (Lipinski definition) is 1. The van der Waals surface area contributed by atoms with E-state index in [-0.39, 0.29) is 13.0 Å². The smallest absolute Gasteiger partial charge is 0.333 e. The van der Waals surface area contributed by atoms with Gasteiger partial charge >= 0.3 is 6.18 Å². The molecule has 0 saturated carbocycles. The third-order valence-electron chi connectivity index (χ3n) is 4.09. The van der Waals surface area contributed by atoms with E-state index in [9.17, 15) is 22.8 Å². The van der Waals surface area contributed by atoms with Crippen molar-refractivity contribution >= 4 is 29.2 Å². The van der Waals surface area contributed by atoms with Crippen LogP contribution in [0.5, 0.6) is 0 Å². The number of rotatable bonds is 4. The molecule has 2 heterocycles. The van der Waals surface area contributed by atoms with Gasteiger partial charge in [0.25, 0.3) is 0 Å². The van der Waals surface area contributed by atoms with Gasteiger partial charge in [0.1, 0.15) is 12.4 Å². The van der Waals surface area contributed by atoms with Crippen molar-refractivity contribution in [2.24, 2.45) is 5.92 Å². The van der Waals surface area contributed by atoms with E-state index in [1.165, 1.54) is 4.68 Å². The van der Waals surface area contributed by atoms with Crippen LogP contribution in [0.2, 0.25) is 5.02 Å². The molecule has 1 atom stereocenters. The van der Waals surface area contributed by atoms with Crippen LogP contribution in [0.25, 0.3) is 5.69 Å². The Balaban J connectivity index is 1.75. The maximum atomic E-state index is 12.5. The summed E-state index contributed by atoms with van der Waals surface area (Å²) in [6, 6.07) is 8.46. The molecule has 0 bridgehead atoms. The fraction of sp³-hybridized carbons (Fsp3) is 0.353. The Morgan fingerprint density at radius 1 is 1.37 bits per heavy atom. The Labute approximate surface area is 157 Å². The van der Waals surface area contributed by atoms with Gasteiger partial charge in [-0.25, -0.2) is 4.68 Å². The van der Waals surface area contributed by atoms with Gasteiger partial charge in [-0.2, -0.15) is 18.3 Å². The topological polar surface area (TPSA) is 67.2 Å². The quantitative estimate of drug-likeness (QED) is 0.857. The van der Waals surface area contributed by atoms with Crippen LogP contribution in [0.15, 0.2) is 30.3 Å². The number of carbonyl (C=O) groups excluding carboxylic acids is 2.